The van der Waals surface area contributed by atoms with Gasteiger partial charge < -0.3 is 4.90 Å². The van der Waals surface area contributed by atoms with E-state index in [1.54, 1.807) is 0 Å². The zero-order valence-electron chi connectivity index (χ0n) is 7.36. The predicted molar refractivity (Wildman–Crippen MR) is 50.0 cm³/mol. The highest BCUT2D eigenvalue weighted by Crippen LogP contribution is 2.19. The normalized spacial score (nSPS) is 24.5. The molecule has 1 atom stereocenters. The van der Waals surface area contributed by atoms with Crippen molar-refractivity contribution >= 4 is 25.6 Å². The zero-order chi connectivity index (χ0) is 10.1. The van der Waals surface area contributed by atoms with Crippen molar-refractivity contribution < 1.29 is 13.2 Å². The van der Waals surface area contributed by atoms with Crippen molar-refractivity contribution in [1.82, 2.24) is 4.90 Å². The molecule has 1 rings (SSSR count). The number of carbonyl (C=O) groups excluding carboxylic acids is 1. The lowest BCUT2D eigenvalue weighted by Crippen LogP contribution is -2.43. The number of halogens is 1. The van der Waals surface area contributed by atoms with Crippen LogP contribution in [-0.4, -0.2) is 37.6 Å². The van der Waals surface area contributed by atoms with Crippen LogP contribution in [0.4, 0.5) is 0 Å². The average Bonchev–Trinajstić information content (AvgIpc) is 2.03. The average molecular weight is 226 g/mol. The van der Waals surface area contributed by atoms with Crippen molar-refractivity contribution in [3.8, 4) is 0 Å². The van der Waals surface area contributed by atoms with Gasteiger partial charge in [-0.1, -0.05) is 0 Å². The molecule has 0 saturated carbocycles. The fourth-order valence-electron chi connectivity index (χ4n) is 1.45. The predicted octanol–water partition coefficient (Wildman–Crippen LogP) is 0.566. The lowest BCUT2D eigenvalue weighted by molar-refractivity contribution is -0.129. The lowest BCUT2D eigenvalue weighted by atomic mass is 10.1. The minimum atomic E-state index is -3.51. The van der Waals surface area contributed by atoms with E-state index in [0.717, 1.165) is 0 Å². The van der Waals surface area contributed by atoms with Gasteiger partial charge in [0, 0.05) is 30.7 Å². The van der Waals surface area contributed by atoms with E-state index in [4.69, 9.17) is 10.7 Å². The zero-order valence-corrected chi connectivity index (χ0v) is 8.94. The molecule has 0 unspecified atom stereocenters. The van der Waals surface area contributed by atoms with Gasteiger partial charge in [-0.25, -0.2) is 8.42 Å². The molecule has 4 nitrogen and oxygen atoms in total. The Labute approximate surface area is 82.3 Å². The number of amides is 1. The summed E-state index contributed by atoms with van der Waals surface area (Å²) in [6, 6.07) is 0. The fourth-order valence-corrected chi connectivity index (χ4v) is 2.70. The van der Waals surface area contributed by atoms with Crippen molar-refractivity contribution in [1.29, 1.82) is 0 Å². The van der Waals surface area contributed by atoms with Crippen molar-refractivity contribution in [3.63, 3.8) is 0 Å². The molecule has 13 heavy (non-hydrogen) atoms. The number of nitrogens with zero attached hydrogens (tertiary/aromatic N) is 1. The van der Waals surface area contributed by atoms with Crippen LogP contribution in [0.3, 0.4) is 0 Å². The van der Waals surface area contributed by atoms with E-state index in [1.807, 2.05) is 0 Å². The van der Waals surface area contributed by atoms with Crippen LogP contribution < -0.4 is 0 Å². The molecule has 0 spiro atoms. The quantitative estimate of drug-likeness (QED) is 0.613. The van der Waals surface area contributed by atoms with Crippen LogP contribution in [-0.2, 0) is 13.8 Å². The van der Waals surface area contributed by atoms with Gasteiger partial charge in [0.1, 0.15) is 0 Å². The maximum absolute atomic E-state index is 11.0. The molecule has 0 aromatic heterocycles. The molecule has 0 aromatic carbocycles. The van der Waals surface area contributed by atoms with Gasteiger partial charge in [-0.15, -0.1) is 0 Å². The van der Waals surface area contributed by atoms with Crippen LogP contribution in [0, 0.1) is 0 Å². The molecule has 1 saturated heterocycles. The first-order valence-corrected chi connectivity index (χ1v) is 6.47. The second-order valence-corrected chi connectivity index (χ2v) is 6.11. The Balaban J connectivity index is 2.67. The summed E-state index contributed by atoms with van der Waals surface area (Å²) in [4.78, 5) is 12.5. The number of hydrogen-bond acceptors (Lipinski definition) is 3. The monoisotopic (exact) mass is 225 g/mol. The van der Waals surface area contributed by atoms with Gasteiger partial charge in [0.25, 0.3) is 0 Å². The summed E-state index contributed by atoms with van der Waals surface area (Å²) in [6.45, 7) is 2.31. The molecular weight excluding hydrogens is 214 g/mol. The Kier molecular flexibility index (Phi) is 3.18. The molecule has 76 valence electrons. The van der Waals surface area contributed by atoms with Crippen molar-refractivity contribution in [2.75, 3.05) is 13.1 Å². The van der Waals surface area contributed by atoms with E-state index in [1.165, 1.54) is 11.8 Å². The topological polar surface area (TPSA) is 54.5 Å². The second kappa shape index (κ2) is 3.84. The van der Waals surface area contributed by atoms with Crippen LogP contribution in [0.1, 0.15) is 19.8 Å². The summed E-state index contributed by atoms with van der Waals surface area (Å²) >= 11 is 0. The van der Waals surface area contributed by atoms with Gasteiger partial charge in [-0.3, -0.25) is 4.79 Å². The molecule has 6 heteroatoms. The largest absolute Gasteiger partial charge is 0.342 e. The summed E-state index contributed by atoms with van der Waals surface area (Å²) in [6.07, 6.45) is 1.26. The summed E-state index contributed by atoms with van der Waals surface area (Å²) in [5.41, 5.74) is 0. The Morgan fingerprint density at radius 1 is 1.54 bits per heavy atom. The highest BCUT2D eigenvalue weighted by Gasteiger charge is 2.29. The van der Waals surface area contributed by atoms with Gasteiger partial charge in [-0.05, 0) is 12.8 Å². The summed E-state index contributed by atoms with van der Waals surface area (Å²) in [5, 5.41) is -0.591. The fraction of sp³-hybridized carbons (Fsp3) is 0.857. The standard InChI is InChI=1S/C7H12ClNO3S/c1-6(10)9-4-2-3-7(5-9)13(8,11)12/h7H,2-5H2,1H3/t7-/m0/s1. The minimum Gasteiger partial charge on any atom is -0.342 e. The van der Waals surface area contributed by atoms with Crippen LogP contribution in [0.2, 0.25) is 0 Å². The maximum atomic E-state index is 11.0. The van der Waals surface area contributed by atoms with Crippen LogP contribution in [0.15, 0.2) is 0 Å². The Morgan fingerprint density at radius 2 is 2.15 bits per heavy atom. The number of hydrogen-bond donors (Lipinski definition) is 0. The van der Waals surface area contributed by atoms with Gasteiger partial charge in [0.05, 0.1) is 5.25 Å². The van der Waals surface area contributed by atoms with E-state index < -0.39 is 14.3 Å². The number of rotatable bonds is 1. The van der Waals surface area contributed by atoms with Crippen LogP contribution >= 0.6 is 10.7 Å². The first-order valence-electron chi connectivity index (χ1n) is 4.10. The Hall–Kier alpha value is -0.290. The molecule has 0 radical (unpaired) electrons. The third kappa shape index (κ3) is 2.84. The van der Waals surface area contributed by atoms with E-state index in [2.05, 4.69) is 0 Å². The molecule has 1 amide bonds. The maximum Gasteiger partial charge on any atom is 0.237 e. The number of carbonyl (C=O) groups is 1. The highest BCUT2D eigenvalue weighted by molar-refractivity contribution is 8.14. The van der Waals surface area contributed by atoms with Crippen LogP contribution in [0.5, 0.6) is 0 Å². The van der Waals surface area contributed by atoms with E-state index in [-0.39, 0.29) is 12.5 Å². The van der Waals surface area contributed by atoms with Gasteiger partial charge in [0.2, 0.25) is 15.0 Å². The summed E-state index contributed by atoms with van der Waals surface area (Å²) < 4.78 is 22.0. The number of likely N-dealkylation sites (tertiary alicyclic amines) is 1. The molecule has 0 aromatic rings. The van der Waals surface area contributed by atoms with Gasteiger partial charge in [0.15, 0.2) is 0 Å². The van der Waals surface area contributed by atoms with E-state index in [0.29, 0.717) is 19.4 Å². The first-order chi connectivity index (χ1) is 5.91. The number of piperidine rings is 1. The molecule has 1 aliphatic heterocycles. The molecule has 0 bridgehead atoms. The molecule has 0 N–H and O–H groups in total. The van der Waals surface area contributed by atoms with Crippen molar-refractivity contribution in [2.24, 2.45) is 0 Å². The van der Waals surface area contributed by atoms with E-state index in [9.17, 15) is 13.2 Å². The first kappa shape index (κ1) is 10.8. The molecule has 0 aliphatic carbocycles. The van der Waals surface area contributed by atoms with Gasteiger partial charge >= 0.3 is 0 Å². The second-order valence-electron chi connectivity index (χ2n) is 3.20. The Morgan fingerprint density at radius 3 is 2.62 bits per heavy atom. The molecule has 1 aliphatic rings. The van der Waals surface area contributed by atoms with Crippen molar-refractivity contribution in [2.45, 2.75) is 25.0 Å². The van der Waals surface area contributed by atoms with Gasteiger partial charge in [-0.2, -0.15) is 0 Å². The molecule has 1 fully saturated rings. The summed E-state index contributed by atoms with van der Waals surface area (Å²) in [7, 11) is 1.70. The summed E-state index contributed by atoms with van der Waals surface area (Å²) in [5.74, 6) is -0.0926. The Bertz CT molecular complexity index is 301. The smallest absolute Gasteiger partial charge is 0.237 e. The van der Waals surface area contributed by atoms with Crippen molar-refractivity contribution in [3.05, 3.63) is 0 Å². The van der Waals surface area contributed by atoms with E-state index >= 15 is 0 Å². The lowest BCUT2D eigenvalue weighted by Gasteiger charge is -2.30. The highest BCUT2D eigenvalue weighted by atomic mass is 35.7. The third-order valence-electron chi connectivity index (χ3n) is 2.22. The molecular formula is C7H12ClNO3S. The minimum absolute atomic E-state index is 0.0926. The third-order valence-corrected chi connectivity index (χ3v) is 4.16. The molecule has 1 heterocycles. The SMILES string of the molecule is CC(=O)N1CCC[C@H](S(=O)(=O)Cl)C1. The van der Waals surface area contributed by atoms with Crippen LogP contribution in [0.25, 0.3) is 0 Å².